The van der Waals surface area contributed by atoms with Gasteiger partial charge in [-0.15, -0.1) is 0 Å². The van der Waals surface area contributed by atoms with Crippen molar-refractivity contribution in [3.05, 3.63) is 35.9 Å². The van der Waals surface area contributed by atoms with Crippen molar-refractivity contribution in [2.45, 2.75) is 26.7 Å². The van der Waals surface area contributed by atoms with Gasteiger partial charge in [0.1, 0.15) is 0 Å². The van der Waals surface area contributed by atoms with Gasteiger partial charge in [-0.3, -0.25) is 9.59 Å². The SMILES string of the molecule is CCC(=O)C(=O)O.CCOC(=O)C(=O)Cc1ccccc1. The van der Waals surface area contributed by atoms with E-state index in [0.717, 1.165) is 5.56 Å². The Bertz CT molecular complexity index is 492. The van der Waals surface area contributed by atoms with Crippen LogP contribution in [0.3, 0.4) is 0 Å². The molecule has 0 heterocycles. The van der Waals surface area contributed by atoms with E-state index in [-0.39, 0.29) is 19.4 Å². The number of aliphatic carboxylic acids is 1. The summed E-state index contributed by atoms with van der Waals surface area (Å²) < 4.78 is 4.59. The van der Waals surface area contributed by atoms with E-state index in [1.165, 1.54) is 6.92 Å². The van der Waals surface area contributed by atoms with Gasteiger partial charge in [-0.2, -0.15) is 0 Å². The Morgan fingerprint density at radius 2 is 1.57 bits per heavy atom. The maximum absolute atomic E-state index is 11.2. The van der Waals surface area contributed by atoms with E-state index >= 15 is 0 Å². The molecule has 0 unspecified atom stereocenters. The fraction of sp³-hybridized carbons (Fsp3) is 0.333. The van der Waals surface area contributed by atoms with Crippen molar-refractivity contribution in [3.63, 3.8) is 0 Å². The van der Waals surface area contributed by atoms with Gasteiger partial charge in [0.05, 0.1) is 6.61 Å². The lowest BCUT2D eigenvalue weighted by Crippen LogP contribution is -2.19. The van der Waals surface area contributed by atoms with Gasteiger partial charge < -0.3 is 9.84 Å². The predicted molar refractivity (Wildman–Crippen MR) is 74.7 cm³/mol. The molecule has 0 fully saturated rings. The summed E-state index contributed by atoms with van der Waals surface area (Å²) in [6, 6.07) is 9.12. The first-order valence-corrected chi connectivity index (χ1v) is 6.42. The van der Waals surface area contributed by atoms with Crippen LogP contribution in [0, 0.1) is 0 Å². The fourth-order valence-electron chi connectivity index (χ4n) is 1.22. The molecule has 0 aliphatic rings. The minimum atomic E-state index is -1.34. The molecule has 6 heteroatoms. The van der Waals surface area contributed by atoms with E-state index in [9.17, 15) is 19.2 Å². The summed E-state index contributed by atoms with van der Waals surface area (Å²) in [5.41, 5.74) is 0.825. The summed E-state index contributed by atoms with van der Waals surface area (Å²) in [6.07, 6.45) is 0.189. The third-order valence-electron chi connectivity index (χ3n) is 2.27. The molecule has 1 N–H and O–H groups in total. The Labute approximate surface area is 122 Å². The third-order valence-corrected chi connectivity index (χ3v) is 2.27. The van der Waals surface area contributed by atoms with Crippen molar-refractivity contribution in [1.29, 1.82) is 0 Å². The zero-order valence-electron chi connectivity index (χ0n) is 12.0. The second-order valence-corrected chi connectivity index (χ2v) is 3.89. The molecule has 0 radical (unpaired) electrons. The fourth-order valence-corrected chi connectivity index (χ4v) is 1.22. The Morgan fingerprint density at radius 3 is 1.95 bits per heavy atom. The predicted octanol–water partition coefficient (Wildman–Crippen LogP) is 1.41. The molecule has 0 amide bonds. The first-order valence-electron chi connectivity index (χ1n) is 6.42. The number of Topliss-reactive ketones (excluding diaryl/α,β-unsaturated/α-hetero) is 2. The molecule has 1 aromatic carbocycles. The average Bonchev–Trinajstić information content (AvgIpc) is 2.48. The number of rotatable bonds is 6. The van der Waals surface area contributed by atoms with E-state index in [2.05, 4.69) is 4.74 Å². The monoisotopic (exact) mass is 294 g/mol. The molecule has 1 aromatic rings. The summed E-state index contributed by atoms with van der Waals surface area (Å²) in [4.78, 5) is 41.7. The van der Waals surface area contributed by atoms with Crippen LogP contribution in [-0.4, -0.2) is 35.2 Å². The van der Waals surface area contributed by atoms with E-state index < -0.39 is 23.5 Å². The molecule has 0 saturated carbocycles. The third kappa shape index (κ3) is 8.30. The number of ketones is 2. The Balaban J connectivity index is 0.000000486. The van der Waals surface area contributed by atoms with Crippen LogP contribution in [0.15, 0.2) is 30.3 Å². The van der Waals surface area contributed by atoms with Crippen LogP contribution in [0.1, 0.15) is 25.8 Å². The second-order valence-electron chi connectivity index (χ2n) is 3.89. The number of hydrogen-bond donors (Lipinski definition) is 1. The van der Waals surface area contributed by atoms with Crippen molar-refractivity contribution < 1.29 is 29.0 Å². The number of hydrogen-bond acceptors (Lipinski definition) is 5. The molecule has 0 bridgehead atoms. The Morgan fingerprint density at radius 1 is 1.00 bits per heavy atom. The maximum atomic E-state index is 11.2. The van der Waals surface area contributed by atoms with Crippen molar-refractivity contribution in [1.82, 2.24) is 0 Å². The molecule has 21 heavy (non-hydrogen) atoms. The minimum absolute atomic E-state index is 0.0787. The van der Waals surface area contributed by atoms with Gasteiger partial charge in [0.25, 0.3) is 0 Å². The quantitative estimate of drug-likeness (QED) is 0.629. The normalized spacial score (nSPS) is 9.05. The van der Waals surface area contributed by atoms with Crippen molar-refractivity contribution in [2.24, 2.45) is 0 Å². The first-order chi connectivity index (χ1) is 9.92. The summed E-state index contributed by atoms with van der Waals surface area (Å²) >= 11 is 0. The highest BCUT2D eigenvalue weighted by Gasteiger charge is 2.14. The molecular formula is C15H18O6. The van der Waals surface area contributed by atoms with Crippen LogP contribution >= 0.6 is 0 Å². The molecule has 0 aliphatic heterocycles. The maximum Gasteiger partial charge on any atom is 0.374 e. The number of carbonyl (C=O) groups is 4. The van der Waals surface area contributed by atoms with E-state index in [1.54, 1.807) is 19.1 Å². The van der Waals surface area contributed by atoms with Gasteiger partial charge in [0.15, 0.2) is 0 Å². The summed E-state index contributed by atoms with van der Waals surface area (Å²) in [7, 11) is 0. The second kappa shape index (κ2) is 10.3. The summed E-state index contributed by atoms with van der Waals surface area (Å²) in [5, 5.41) is 7.83. The lowest BCUT2D eigenvalue weighted by Gasteiger charge is -2.00. The van der Waals surface area contributed by atoms with Crippen molar-refractivity contribution in [2.75, 3.05) is 6.61 Å². The van der Waals surface area contributed by atoms with E-state index in [4.69, 9.17) is 5.11 Å². The summed E-state index contributed by atoms with van der Waals surface area (Å²) in [5.74, 6) is -3.34. The van der Waals surface area contributed by atoms with Gasteiger partial charge in [0, 0.05) is 12.8 Å². The topological polar surface area (TPSA) is 97.7 Å². The first kappa shape index (κ1) is 18.5. The molecule has 0 saturated heterocycles. The van der Waals surface area contributed by atoms with Gasteiger partial charge in [-0.25, -0.2) is 9.59 Å². The molecule has 0 atom stereocenters. The molecular weight excluding hydrogens is 276 g/mol. The van der Waals surface area contributed by atoms with E-state index in [1.807, 2.05) is 18.2 Å². The standard InChI is InChI=1S/C11H12O3.C4H6O3/c1-2-14-11(13)10(12)8-9-6-4-3-5-7-9;1-2-3(5)4(6)7/h3-7H,2,8H2,1H3;2H2,1H3,(H,6,7). The van der Waals surface area contributed by atoms with Crippen molar-refractivity contribution >= 4 is 23.5 Å². The van der Waals surface area contributed by atoms with Gasteiger partial charge in [-0.1, -0.05) is 37.3 Å². The van der Waals surface area contributed by atoms with Crippen LogP contribution in [0.4, 0.5) is 0 Å². The van der Waals surface area contributed by atoms with Crippen LogP contribution in [0.5, 0.6) is 0 Å². The molecule has 1 rings (SSSR count). The van der Waals surface area contributed by atoms with Crippen molar-refractivity contribution in [3.8, 4) is 0 Å². The Hall–Kier alpha value is -2.50. The van der Waals surface area contributed by atoms with Gasteiger partial charge >= 0.3 is 11.9 Å². The van der Waals surface area contributed by atoms with Crippen LogP contribution in [0.2, 0.25) is 0 Å². The number of benzene rings is 1. The molecule has 0 spiro atoms. The highest BCUT2D eigenvalue weighted by Crippen LogP contribution is 2.00. The molecule has 0 aliphatic carbocycles. The van der Waals surface area contributed by atoms with Gasteiger partial charge in [0.2, 0.25) is 11.6 Å². The highest BCUT2D eigenvalue weighted by molar-refractivity contribution is 6.34. The smallest absolute Gasteiger partial charge is 0.374 e. The number of carboxylic acid groups (broad SMARTS) is 1. The minimum Gasteiger partial charge on any atom is -0.476 e. The average molecular weight is 294 g/mol. The highest BCUT2D eigenvalue weighted by atomic mass is 16.5. The zero-order chi connectivity index (χ0) is 16.3. The van der Waals surface area contributed by atoms with Crippen LogP contribution < -0.4 is 0 Å². The number of carbonyl (C=O) groups excluding carboxylic acids is 3. The molecule has 6 nitrogen and oxygen atoms in total. The lowest BCUT2D eigenvalue weighted by molar-refractivity contribution is -0.153. The lowest BCUT2D eigenvalue weighted by atomic mass is 10.1. The van der Waals surface area contributed by atoms with Gasteiger partial charge in [-0.05, 0) is 12.5 Å². The number of ether oxygens (including phenoxy) is 1. The molecule has 0 aromatic heterocycles. The van der Waals surface area contributed by atoms with Crippen LogP contribution in [0.25, 0.3) is 0 Å². The summed E-state index contributed by atoms with van der Waals surface area (Å²) in [6.45, 7) is 3.42. The zero-order valence-corrected chi connectivity index (χ0v) is 12.0. The van der Waals surface area contributed by atoms with E-state index in [0.29, 0.717) is 0 Å². The number of esters is 1. The Kier molecular flexibility index (Phi) is 9.08. The number of carboxylic acids is 1. The largest absolute Gasteiger partial charge is 0.476 e. The molecule has 114 valence electrons. The van der Waals surface area contributed by atoms with Crippen LogP contribution in [-0.2, 0) is 30.3 Å².